The Labute approximate surface area is 269 Å². The molecule has 0 saturated carbocycles. The lowest BCUT2D eigenvalue weighted by Crippen LogP contribution is -2.55. The first-order valence-corrected chi connectivity index (χ1v) is 18.1. The van der Waals surface area contributed by atoms with Crippen molar-refractivity contribution in [2.75, 3.05) is 71.0 Å². The molecular weight excluding hydrogens is 587 g/mol. The van der Waals surface area contributed by atoms with Crippen LogP contribution in [0.25, 0.3) is 0 Å². The molecule has 0 aromatic heterocycles. The minimum absolute atomic E-state index is 0.00522. The van der Waals surface area contributed by atoms with E-state index in [1.165, 1.54) is 0 Å². The van der Waals surface area contributed by atoms with Gasteiger partial charge < -0.3 is 25.0 Å². The van der Waals surface area contributed by atoms with Gasteiger partial charge in [-0.3, -0.25) is 25.0 Å². The van der Waals surface area contributed by atoms with Crippen molar-refractivity contribution in [3.05, 3.63) is 0 Å². The largest absolute Gasteiger partial charge is 0.379 e. The molecule has 1 heterocycles. The van der Waals surface area contributed by atoms with Crippen molar-refractivity contribution >= 4 is 39.2 Å². The van der Waals surface area contributed by atoms with E-state index in [9.17, 15) is 14.4 Å². The third-order valence-electron chi connectivity index (χ3n) is 7.85. The molecule has 252 valence electrons. The molecule has 0 spiro atoms. The summed E-state index contributed by atoms with van der Waals surface area (Å²) in [7, 11) is 5.09. The first-order valence-electron chi connectivity index (χ1n) is 15.6. The normalized spacial score (nSPS) is 17.0. The van der Waals surface area contributed by atoms with Crippen LogP contribution in [0.4, 0.5) is 0 Å². The number of amides is 2. The Balaban J connectivity index is 2.19. The number of Topliss-reactive ketones (excluding diaryl/α,β-unsaturated/α-hetero) is 1. The highest BCUT2D eigenvalue weighted by Crippen LogP contribution is 2.25. The number of carbonyl (C=O) groups excluding carboxylic acids is 3. The van der Waals surface area contributed by atoms with Crippen molar-refractivity contribution in [1.82, 2.24) is 20.4 Å². The smallest absolute Gasteiger partial charge is 0.221 e. The van der Waals surface area contributed by atoms with Crippen LogP contribution in [0, 0.1) is 5.41 Å². The molecule has 4 N–H and O–H groups in total. The topological polar surface area (TPSA) is 126 Å². The molecule has 12 heteroatoms. The molecule has 1 aliphatic rings. The SMILES string of the molecule is COC(C)(C)CCOC(C)(N)C(=O)CCC(C)(C)N1CCN(CCC(=O)NCCSSCCNC(=O)CC(C)(C)C)CC1. The van der Waals surface area contributed by atoms with E-state index in [-0.39, 0.29) is 34.2 Å². The number of carbonyl (C=O) groups is 3. The Bertz CT molecular complexity index is 856. The van der Waals surface area contributed by atoms with Gasteiger partial charge in [-0.25, -0.2) is 0 Å². The summed E-state index contributed by atoms with van der Waals surface area (Å²) in [5, 5.41) is 5.97. The van der Waals surface area contributed by atoms with Crippen LogP contribution >= 0.6 is 21.6 Å². The number of piperazine rings is 1. The van der Waals surface area contributed by atoms with Crippen LogP contribution in [0.5, 0.6) is 0 Å². The van der Waals surface area contributed by atoms with E-state index in [1.54, 1.807) is 35.6 Å². The Morgan fingerprint density at radius 3 is 1.91 bits per heavy atom. The van der Waals surface area contributed by atoms with Gasteiger partial charge in [0.2, 0.25) is 11.8 Å². The first kappa shape index (κ1) is 40.1. The lowest BCUT2D eigenvalue weighted by atomic mass is 9.91. The molecule has 1 unspecified atom stereocenters. The third-order valence-corrected chi connectivity index (χ3v) is 10.3. The van der Waals surface area contributed by atoms with Gasteiger partial charge in [0.1, 0.15) is 0 Å². The van der Waals surface area contributed by atoms with Crippen LogP contribution in [0.3, 0.4) is 0 Å². The highest BCUT2D eigenvalue weighted by atomic mass is 33.1. The zero-order valence-corrected chi connectivity index (χ0v) is 30.1. The maximum atomic E-state index is 12.9. The molecule has 1 fully saturated rings. The predicted molar refractivity (Wildman–Crippen MR) is 180 cm³/mol. The molecule has 2 amide bonds. The standard InChI is InChI=1S/C31H61N5O5S2/c1-28(2,3)24-27(39)34-15-23-43-42-22-14-33-26(38)11-16-35-17-19-36(20-18-35)29(4,5)12-10-25(37)31(8,32)41-21-13-30(6,7)40-9/h10-24,32H2,1-9H3,(H,33,38)(H,34,39). The molecule has 0 radical (unpaired) electrons. The van der Waals surface area contributed by atoms with Gasteiger partial charge in [-0.05, 0) is 52.9 Å². The number of nitrogens with zero attached hydrogens (tertiary/aromatic N) is 2. The van der Waals surface area contributed by atoms with Crippen LogP contribution in [0.1, 0.15) is 87.5 Å². The van der Waals surface area contributed by atoms with Crippen molar-refractivity contribution in [2.45, 2.75) is 104 Å². The summed E-state index contributed by atoms with van der Waals surface area (Å²) in [4.78, 5) is 41.8. The molecule has 43 heavy (non-hydrogen) atoms. The van der Waals surface area contributed by atoms with Gasteiger partial charge in [-0.1, -0.05) is 42.4 Å². The van der Waals surface area contributed by atoms with E-state index in [4.69, 9.17) is 15.2 Å². The molecule has 1 saturated heterocycles. The molecule has 1 rings (SSSR count). The average Bonchev–Trinajstić information content (AvgIpc) is 2.91. The number of nitrogens with one attached hydrogen (secondary N) is 2. The van der Waals surface area contributed by atoms with E-state index in [0.717, 1.165) is 44.2 Å². The van der Waals surface area contributed by atoms with Gasteiger partial charge in [0.05, 0.1) is 12.2 Å². The Hall–Kier alpha value is -0.890. The third kappa shape index (κ3) is 18.0. The van der Waals surface area contributed by atoms with Crippen molar-refractivity contribution < 1.29 is 23.9 Å². The molecule has 1 aliphatic heterocycles. The number of nitrogens with two attached hydrogens (primary N) is 1. The molecular formula is C31H61N5O5S2. The maximum absolute atomic E-state index is 12.9. The number of ether oxygens (including phenoxy) is 2. The fourth-order valence-corrected chi connectivity index (χ4v) is 6.38. The maximum Gasteiger partial charge on any atom is 0.221 e. The van der Waals surface area contributed by atoms with Crippen molar-refractivity contribution in [3.8, 4) is 0 Å². The van der Waals surface area contributed by atoms with Crippen molar-refractivity contribution in [2.24, 2.45) is 11.1 Å². The molecule has 1 atom stereocenters. The fraction of sp³-hybridized carbons (Fsp3) is 0.903. The van der Waals surface area contributed by atoms with Crippen LogP contribution in [-0.4, -0.2) is 115 Å². The van der Waals surface area contributed by atoms with Crippen LogP contribution < -0.4 is 16.4 Å². The van der Waals surface area contributed by atoms with E-state index in [0.29, 0.717) is 51.8 Å². The molecule has 10 nitrogen and oxygen atoms in total. The van der Waals surface area contributed by atoms with E-state index in [2.05, 4.69) is 55.1 Å². The highest BCUT2D eigenvalue weighted by molar-refractivity contribution is 8.76. The Morgan fingerprint density at radius 1 is 0.814 bits per heavy atom. The number of ketones is 1. The van der Waals surface area contributed by atoms with Gasteiger partial charge in [0.25, 0.3) is 0 Å². The summed E-state index contributed by atoms with van der Waals surface area (Å²) < 4.78 is 11.2. The molecule has 0 aromatic rings. The number of hydrogen-bond acceptors (Lipinski definition) is 10. The van der Waals surface area contributed by atoms with E-state index in [1.807, 2.05) is 13.8 Å². The van der Waals surface area contributed by atoms with Crippen molar-refractivity contribution in [3.63, 3.8) is 0 Å². The second kappa shape index (κ2) is 18.9. The van der Waals surface area contributed by atoms with Crippen LogP contribution in [0.2, 0.25) is 0 Å². The van der Waals surface area contributed by atoms with Gasteiger partial charge in [-0.2, -0.15) is 0 Å². The minimum atomic E-state index is -1.30. The Morgan fingerprint density at radius 2 is 1.37 bits per heavy atom. The lowest BCUT2D eigenvalue weighted by molar-refractivity contribution is -0.145. The van der Waals surface area contributed by atoms with E-state index < -0.39 is 5.72 Å². The van der Waals surface area contributed by atoms with Gasteiger partial charge >= 0.3 is 0 Å². The van der Waals surface area contributed by atoms with Crippen LogP contribution in [-0.2, 0) is 23.9 Å². The van der Waals surface area contributed by atoms with E-state index >= 15 is 0 Å². The van der Waals surface area contributed by atoms with Crippen molar-refractivity contribution in [1.29, 1.82) is 0 Å². The predicted octanol–water partition coefficient (Wildman–Crippen LogP) is 3.68. The molecule has 0 aromatic carbocycles. The monoisotopic (exact) mass is 647 g/mol. The summed E-state index contributed by atoms with van der Waals surface area (Å²) in [6.45, 7) is 22.2. The van der Waals surface area contributed by atoms with Gasteiger partial charge in [0.15, 0.2) is 11.5 Å². The lowest BCUT2D eigenvalue weighted by Gasteiger charge is -2.44. The summed E-state index contributed by atoms with van der Waals surface area (Å²) in [6, 6.07) is 0. The highest BCUT2D eigenvalue weighted by Gasteiger charge is 2.34. The zero-order chi connectivity index (χ0) is 32.7. The van der Waals surface area contributed by atoms with Gasteiger partial charge in [-0.15, -0.1) is 0 Å². The van der Waals surface area contributed by atoms with Crippen LogP contribution in [0.15, 0.2) is 0 Å². The second-order valence-corrected chi connectivity index (χ2v) is 16.8. The second-order valence-electron chi connectivity index (χ2n) is 14.1. The summed E-state index contributed by atoms with van der Waals surface area (Å²) in [5.74, 6) is 1.78. The van der Waals surface area contributed by atoms with Gasteiger partial charge in [0, 0.05) is 89.2 Å². The number of rotatable bonds is 21. The number of methoxy groups -OCH3 is 1. The first-order chi connectivity index (χ1) is 19.9. The summed E-state index contributed by atoms with van der Waals surface area (Å²) in [6.07, 6.45) is 2.74. The number of hydrogen-bond donors (Lipinski definition) is 3. The quantitative estimate of drug-likeness (QED) is 0.0965. The minimum Gasteiger partial charge on any atom is -0.379 e. The summed E-state index contributed by atoms with van der Waals surface area (Å²) >= 11 is 0. The summed E-state index contributed by atoms with van der Waals surface area (Å²) in [5.41, 5.74) is 4.47. The zero-order valence-electron chi connectivity index (χ0n) is 28.4. The fourth-order valence-electron chi connectivity index (χ4n) is 4.57. The Kier molecular flexibility index (Phi) is 17.7. The molecule has 0 bridgehead atoms. The average molecular weight is 648 g/mol. The molecule has 0 aliphatic carbocycles.